The Bertz CT molecular complexity index is 650. The van der Waals surface area contributed by atoms with Crippen molar-refractivity contribution in [2.75, 3.05) is 11.9 Å². The number of benzene rings is 1. The zero-order valence-corrected chi connectivity index (χ0v) is 10.6. The molecule has 1 aromatic heterocycles. The third-order valence-electron chi connectivity index (χ3n) is 3.84. The van der Waals surface area contributed by atoms with Crippen molar-refractivity contribution in [3.63, 3.8) is 0 Å². The second-order valence-electron chi connectivity index (χ2n) is 5.11. The van der Waals surface area contributed by atoms with E-state index in [9.17, 15) is 10.4 Å². The van der Waals surface area contributed by atoms with E-state index in [4.69, 9.17) is 0 Å². The average Bonchev–Trinajstić information content (AvgIpc) is 2.42. The molecule has 0 spiro atoms. The first kappa shape index (κ1) is 11.9. The van der Waals surface area contributed by atoms with Gasteiger partial charge in [-0.05, 0) is 31.4 Å². The van der Waals surface area contributed by atoms with Crippen LogP contribution in [0.15, 0.2) is 30.3 Å². The summed E-state index contributed by atoms with van der Waals surface area (Å²) < 4.78 is 0. The highest BCUT2D eigenvalue weighted by atomic mass is 16.3. The molecule has 96 valence electrons. The first-order valence-corrected chi connectivity index (χ1v) is 6.45. The Labute approximate surface area is 111 Å². The molecular weight excluding hydrogens is 238 g/mol. The van der Waals surface area contributed by atoms with Crippen LogP contribution in [0.5, 0.6) is 0 Å². The van der Waals surface area contributed by atoms with Crippen molar-refractivity contribution < 1.29 is 5.11 Å². The summed E-state index contributed by atoms with van der Waals surface area (Å²) in [7, 11) is 0. The van der Waals surface area contributed by atoms with Gasteiger partial charge in [0.15, 0.2) is 0 Å². The molecule has 4 heteroatoms. The average molecular weight is 253 g/mol. The van der Waals surface area contributed by atoms with Gasteiger partial charge in [-0.15, -0.1) is 0 Å². The SMILES string of the molecule is N#Cc1cc2ccccc2nc1NC1(CO)CCC1. The number of rotatable bonds is 3. The van der Waals surface area contributed by atoms with E-state index in [2.05, 4.69) is 16.4 Å². The van der Waals surface area contributed by atoms with Crippen LogP contribution in [0.1, 0.15) is 24.8 Å². The lowest BCUT2D eigenvalue weighted by Crippen LogP contribution is -2.48. The number of aliphatic hydroxyl groups is 1. The molecule has 0 aliphatic heterocycles. The van der Waals surface area contributed by atoms with Crippen molar-refractivity contribution in [3.8, 4) is 6.07 Å². The lowest BCUT2D eigenvalue weighted by atomic mass is 9.77. The molecule has 4 nitrogen and oxygen atoms in total. The van der Waals surface area contributed by atoms with E-state index in [-0.39, 0.29) is 12.1 Å². The number of aliphatic hydroxyl groups excluding tert-OH is 1. The smallest absolute Gasteiger partial charge is 0.145 e. The summed E-state index contributed by atoms with van der Waals surface area (Å²) in [6.45, 7) is 0.0758. The molecule has 3 rings (SSSR count). The van der Waals surface area contributed by atoms with Gasteiger partial charge in [-0.3, -0.25) is 0 Å². The number of aromatic nitrogens is 1. The Morgan fingerprint density at radius 1 is 1.37 bits per heavy atom. The Balaban J connectivity index is 2.04. The van der Waals surface area contributed by atoms with Crippen molar-refractivity contribution in [1.82, 2.24) is 4.98 Å². The second-order valence-corrected chi connectivity index (χ2v) is 5.11. The molecule has 2 aromatic rings. The highest BCUT2D eigenvalue weighted by Crippen LogP contribution is 2.35. The number of nitriles is 1. The third-order valence-corrected chi connectivity index (χ3v) is 3.84. The number of nitrogens with one attached hydrogen (secondary N) is 1. The largest absolute Gasteiger partial charge is 0.394 e. The minimum absolute atomic E-state index is 0.0758. The van der Waals surface area contributed by atoms with E-state index >= 15 is 0 Å². The topological polar surface area (TPSA) is 68.9 Å². The summed E-state index contributed by atoms with van der Waals surface area (Å²) >= 11 is 0. The lowest BCUT2D eigenvalue weighted by Gasteiger charge is -2.41. The summed E-state index contributed by atoms with van der Waals surface area (Å²) in [5.41, 5.74) is 1.09. The number of hydrogen-bond acceptors (Lipinski definition) is 4. The maximum atomic E-state index is 9.50. The minimum atomic E-state index is -0.291. The van der Waals surface area contributed by atoms with E-state index < -0.39 is 0 Å². The van der Waals surface area contributed by atoms with Crippen molar-refractivity contribution in [1.29, 1.82) is 5.26 Å². The molecule has 0 amide bonds. The predicted molar refractivity (Wildman–Crippen MR) is 73.7 cm³/mol. The Kier molecular flexibility index (Phi) is 2.84. The van der Waals surface area contributed by atoms with Crippen LogP contribution in [0.25, 0.3) is 10.9 Å². The Morgan fingerprint density at radius 3 is 2.79 bits per heavy atom. The van der Waals surface area contributed by atoms with E-state index in [0.717, 1.165) is 30.2 Å². The van der Waals surface area contributed by atoms with Gasteiger partial charge in [-0.25, -0.2) is 4.98 Å². The quantitative estimate of drug-likeness (QED) is 0.881. The van der Waals surface area contributed by atoms with Crippen LogP contribution in [-0.4, -0.2) is 22.2 Å². The van der Waals surface area contributed by atoms with Gasteiger partial charge in [0.05, 0.1) is 23.2 Å². The molecule has 19 heavy (non-hydrogen) atoms. The van der Waals surface area contributed by atoms with Gasteiger partial charge < -0.3 is 10.4 Å². The fraction of sp³-hybridized carbons (Fsp3) is 0.333. The van der Waals surface area contributed by atoms with Gasteiger partial charge in [0, 0.05) is 5.39 Å². The zero-order valence-electron chi connectivity index (χ0n) is 10.6. The number of pyridine rings is 1. The summed E-state index contributed by atoms with van der Waals surface area (Å²) in [5.74, 6) is 0.579. The molecular formula is C15H15N3O. The number of nitrogens with zero attached hydrogens (tertiary/aromatic N) is 2. The van der Waals surface area contributed by atoms with Crippen molar-refractivity contribution >= 4 is 16.7 Å². The molecule has 0 atom stereocenters. The van der Waals surface area contributed by atoms with Crippen LogP contribution in [0.4, 0.5) is 5.82 Å². The van der Waals surface area contributed by atoms with Gasteiger partial charge in [-0.1, -0.05) is 18.2 Å². The van der Waals surface area contributed by atoms with Crippen LogP contribution in [0, 0.1) is 11.3 Å². The summed E-state index contributed by atoms with van der Waals surface area (Å²) in [6, 6.07) is 11.7. The highest BCUT2D eigenvalue weighted by molar-refractivity contribution is 5.82. The molecule has 1 aliphatic rings. The molecule has 1 aliphatic carbocycles. The van der Waals surface area contributed by atoms with Crippen LogP contribution >= 0.6 is 0 Å². The van der Waals surface area contributed by atoms with Gasteiger partial charge in [0.2, 0.25) is 0 Å². The predicted octanol–water partition coefficient (Wildman–Crippen LogP) is 2.43. The highest BCUT2D eigenvalue weighted by Gasteiger charge is 2.37. The third kappa shape index (κ3) is 2.02. The molecule has 1 fully saturated rings. The number of para-hydroxylation sites is 1. The fourth-order valence-corrected chi connectivity index (χ4v) is 2.47. The Hall–Kier alpha value is -2.12. The van der Waals surface area contributed by atoms with Crippen molar-refractivity contribution in [3.05, 3.63) is 35.9 Å². The zero-order chi connectivity index (χ0) is 13.3. The number of fused-ring (bicyclic) bond motifs is 1. The molecule has 0 saturated heterocycles. The van der Waals surface area contributed by atoms with Crippen LogP contribution in [0.2, 0.25) is 0 Å². The van der Waals surface area contributed by atoms with E-state index in [1.54, 1.807) is 0 Å². The van der Waals surface area contributed by atoms with Crippen LogP contribution in [-0.2, 0) is 0 Å². The standard InChI is InChI=1S/C15H15N3O/c16-9-12-8-11-4-1-2-5-13(11)17-14(12)18-15(10-19)6-3-7-15/h1-2,4-5,8,19H,3,6-7,10H2,(H,17,18). The van der Waals surface area contributed by atoms with E-state index in [1.807, 2.05) is 30.3 Å². The number of anilines is 1. The lowest BCUT2D eigenvalue weighted by molar-refractivity contribution is 0.144. The number of hydrogen-bond donors (Lipinski definition) is 2. The molecule has 1 heterocycles. The summed E-state index contributed by atoms with van der Waals surface area (Å²) in [6.07, 6.45) is 2.94. The molecule has 0 radical (unpaired) electrons. The maximum Gasteiger partial charge on any atom is 0.145 e. The van der Waals surface area contributed by atoms with E-state index in [0.29, 0.717) is 11.4 Å². The fourth-order valence-electron chi connectivity index (χ4n) is 2.47. The van der Waals surface area contributed by atoms with Gasteiger partial charge >= 0.3 is 0 Å². The van der Waals surface area contributed by atoms with Gasteiger partial charge in [0.25, 0.3) is 0 Å². The van der Waals surface area contributed by atoms with Crippen molar-refractivity contribution in [2.24, 2.45) is 0 Å². The van der Waals surface area contributed by atoms with Gasteiger partial charge in [0.1, 0.15) is 11.9 Å². The first-order chi connectivity index (χ1) is 9.26. The van der Waals surface area contributed by atoms with Crippen LogP contribution < -0.4 is 5.32 Å². The minimum Gasteiger partial charge on any atom is -0.394 e. The normalized spacial score (nSPS) is 16.6. The molecule has 0 unspecified atom stereocenters. The van der Waals surface area contributed by atoms with Crippen molar-refractivity contribution in [2.45, 2.75) is 24.8 Å². The molecule has 2 N–H and O–H groups in total. The molecule has 0 bridgehead atoms. The van der Waals surface area contributed by atoms with Gasteiger partial charge in [-0.2, -0.15) is 5.26 Å². The molecule has 1 saturated carbocycles. The molecule has 1 aromatic carbocycles. The van der Waals surface area contributed by atoms with E-state index in [1.165, 1.54) is 0 Å². The summed E-state index contributed by atoms with van der Waals surface area (Å²) in [4.78, 5) is 4.52. The first-order valence-electron chi connectivity index (χ1n) is 6.45. The monoisotopic (exact) mass is 253 g/mol. The Morgan fingerprint density at radius 2 is 2.16 bits per heavy atom. The summed E-state index contributed by atoms with van der Waals surface area (Å²) in [5, 5.41) is 23.0. The second kappa shape index (κ2) is 4.52. The van der Waals surface area contributed by atoms with Crippen LogP contribution in [0.3, 0.4) is 0 Å². The maximum absolute atomic E-state index is 9.50.